The number of methoxy groups -OCH3 is 5. The fourth-order valence-corrected chi connectivity index (χ4v) is 3.79. The van der Waals surface area contributed by atoms with Gasteiger partial charge in [-0.15, -0.1) is 0 Å². The first kappa shape index (κ1) is 24.4. The molecular weight excluding hydrogens is 452 g/mol. The van der Waals surface area contributed by atoms with E-state index in [0.29, 0.717) is 39.9 Å². The summed E-state index contributed by atoms with van der Waals surface area (Å²) in [5.41, 5.74) is 3.04. The lowest BCUT2D eigenvalue weighted by atomic mass is 10.0. The smallest absolute Gasteiger partial charge is 0.203 e. The average molecular weight is 479 g/mol. The molecule has 0 saturated heterocycles. The van der Waals surface area contributed by atoms with Crippen molar-refractivity contribution in [1.29, 1.82) is 0 Å². The number of rotatable bonds is 5. The van der Waals surface area contributed by atoms with Crippen LogP contribution in [0, 0.1) is 23.7 Å². The molecule has 0 amide bonds. The van der Waals surface area contributed by atoms with E-state index in [9.17, 15) is 0 Å². The second kappa shape index (κ2) is 11.1. The normalized spacial score (nSPS) is 9.92. The largest absolute Gasteiger partial charge is 0.493 e. The van der Waals surface area contributed by atoms with E-state index < -0.39 is 0 Å². The summed E-state index contributed by atoms with van der Waals surface area (Å²) in [4.78, 5) is 0. The summed E-state index contributed by atoms with van der Waals surface area (Å²) in [6.07, 6.45) is 0. The van der Waals surface area contributed by atoms with Gasteiger partial charge in [0, 0.05) is 34.4 Å². The van der Waals surface area contributed by atoms with Gasteiger partial charge < -0.3 is 23.7 Å². The summed E-state index contributed by atoms with van der Waals surface area (Å²) in [6.45, 7) is 0. The van der Waals surface area contributed by atoms with Gasteiger partial charge in [0.15, 0.2) is 23.0 Å². The number of ether oxygens (including phenoxy) is 5. The van der Waals surface area contributed by atoms with E-state index in [1.165, 1.54) is 5.39 Å². The van der Waals surface area contributed by atoms with Gasteiger partial charge in [0.1, 0.15) is 0 Å². The molecule has 0 radical (unpaired) electrons. The van der Waals surface area contributed by atoms with Gasteiger partial charge in [0.2, 0.25) is 5.75 Å². The topological polar surface area (TPSA) is 46.2 Å². The van der Waals surface area contributed by atoms with Gasteiger partial charge in [-0.2, -0.15) is 0 Å². The molecule has 0 heterocycles. The maximum atomic E-state index is 5.50. The molecule has 4 aromatic carbocycles. The quantitative estimate of drug-likeness (QED) is 0.345. The molecule has 180 valence electrons. The molecule has 0 aromatic heterocycles. The second-order valence-electron chi connectivity index (χ2n) is 7.73. The highest BCUT2D eigenvalue weighted by atomic mass is 16.5. The van der Waals surface area contributed by atoms with E-state index in [2.05, 4.69) is 47.9 Å². The van der Waals surface area contributed by atoms with Crippen LogP contribution in [0.4, 0.5) is 0 Å². The van der Waals surface area contributed by atoms with Crippen LogP contribution in [0.25, 0.3) is 10.8 Å². The molecule has 0 atom stereocenters. The van der Waals surface area contributed by atoms with Crippen molar-refractivity contribution in [2.24, 2.45) is 0 Å². The van der Waals surface area contributed by atoms with Crippen molar-refractivity contribution in [2.45, 2.75) is 0 Å². The number of fused-ring (bicyclic) bond motifs is 1. The van der Waals surface area contributed by atoms with Crippen molar-refractivity contribution < 1.29 is 23.7 Å². The predicted octanol–water partition coefficient (Wildman–Crippen LogP) is 5.68. The highest BCUT2D eigenvalue weighted by molar-refractivity contribution is 5.83. The molecule has 0 fully saturated rings. The fourth-order valence-electron chi connectivity index (χ4n) is 3.79. The van der Waals surface area contributed by atoms with Crippen LogP contribution in [0.15, 0.2) is 66.7 Å². The summed E-state index contributed by atoms with van der Waals surface area (Å²) < 4.78 is 27.3. The van der Waals surface area contributed by atoms with Crippen molar-refractivity contribution in [1.82, 2.24) is 0 Å². The Balaban J connectivity index is 1.79. The standard InChI is InChI=1S/C31H26O5/c1-32-27-19-25(14-11-21-10-13-23-8-6-7-9-24(23)16-21)26(20-28(27)33-2)15-12-22-17-29(34-3)31(36-5)30(18-22)35-4/h6-10,13,16-20H,1-5H3. The molecule has 0 aliphatic rings. The fraction of sp³-hybridized carbons (Fsp3) is 0.161. The molecular formula is C31H26O5. The molecule has 0 aliphatic heterocycles. The molecule has 0 unspecified atom stereocenters. The lowest BCUT2D eigenvalue weighted by Gasteiger charge is -2.12. The molecule has 0 N–H and O–H groups in total. The Kier molecular flexibility index (Phi) is 7.54. The monoisotopic (exact) mass is 478 g/mol. The third-order valence-electron chi connectivity index (χ3n) is 5.62. The van der Waals surface area contributed by atoms with E-state index in [-0.39, 0.29) is 0 Å². The van der Waals surface area contributed by atoms with Crippen molar-refractivity contribution in [3.05, 3.63) is 89.0 Å². The Bertz CT molecular complexity index is 1500. The average Bonchev–Trinajstić information content (AvgIpc) is 2.93. The van der Waals surface area contributed by atoms with Crippen molar-refractivity contribution in [3.63, 3.8) is 0 Å². The highest BCUT2D eigenvalue weighted by Crippen LogP contribution is 2.38. The SMILES string of the molecule is COc1cc(C#Cc2cc(OC)c(OC)c(OC)c2)c(C#Cc2ccc3ccccc3c2)cc1OC. The van der Waals surface area contributed by atoms with Gasteiger partial charge in [-0.1, -0.05) is 54.0 Å². The van der Waals surface area contributed by atoms with E-state index in [4.69, 9.17) is 23.7 Å². The van der Waals surface area contributed by atoms with Gasteiger partial charge in [-0.05, 0) is 35.0 Å². The Morgan fingerprint density at radius 2 is 0.972 bits per heavy atom. The summed E-state index contributed by atoms with van der Waals surface area (Å²) in [5, 5.41) is 2.31. The number of hydrogen-bond acceptors (Lipinski definition) is 5. The first-order valence-electron chi connectivity index (χ1n) is 11.2. The number of benzene rings is 4. The lowest BCUT2D eigenvalue weighted by molar-refractivity contribution is 0.324. The van der Waals surface area contributed by atoms with E-state index >= 15 is 0 Å². The summed E-state index contributed by atoms with van der Waals surface area (Å²) in [6, 6.07) is 21.6. The molecule has 36 heavy (non-hydrogen) atoms. The molecule has 0 bridgehead atoms. The van der Waals surface area contributed by atoms with E-state index in [1.54, 1.807) is 47.7 Å². The van der Waals surface area contributed by atoms with Crippen LogP contribution in [0.2, 0.25) is 0 Å². The Morgan fingerprint density at radius 3 is 1.50 bits per heavy atom. The minimum Gasteiger partial charge on any atom is -0.493 e. The molecule has 4 rings (SSSR count). The van der Waals surface area contributed by atoms with Gasteiger partial charge in [-0.3, -0.25) is 0 Å². The molecule has 4 aromatic rings. The maximum Gasteiger partial charge on any atom is 0.203 e. The van der Waals surface area contributed by atoms with Crippen LogP contribution >= 0.6 is 0 Å². The lowest BCUT2D eigenvalue weighted by Crippen LogP contribution is -1.96. The highest BCUT2D eigenvalue weighted by Gasteiger charge is 2.13. The zero-order valence-electron chi connectivity index (χ0n) is 20.9. The van der Waals surface area contributed by atoms with Crippen molar-refractivity contribution in [2.75, 3.05) is 35.5 Å². The van der Waals surface area contributed by atoms with E-state index in [0.717, 1.165) is 16.5 Å². The first-order valence-corrected chi connectivity index (χ1v) is 11.2. The Hall–Kier alpha value is -4.74. The van der Waals surface area contributed by atoms with Gasteiger partial charge in [-0.25, -0.2) is 0 Å². The zero-order chi connectivity index (χ0) is 25.5. The summed E-state index contributed by atoms with van der Waals surface area (Å²) in [7, 11) is 7.90. The Morgan fingerprint density at radius 1 is 0.444 bits per heavy atom. The molecule has 5 heteroatoms. The van der Waals surface area contributed by atoms with E-state index in [1.807, 2.05) is 30.3 Å². The molecule has 0 spiro atoms. The van der Waals surface area contributed by atoms with Crippen LogP contribution in [-0.4, -0.2) is 35.5 Å². The minimum atomic E-state index is 0.513. The van der Waals surface area contributed by atoms with Crippen LogP contribution in [0.5, 0.6) is 28.7 Å². The zero-order valence-corrected chi connectivity index (χ0v) is 20.9. The maximum absolute atomic E-state index is 5.50. The third-order valence-corrected chi connectivity index (χ3v) is 5.62. The first-order chi connectivity index (χ1) is 17.6. The third kappa shape index (κ3) is 5.17. The summed E-state index contributed by atoms with van der Waals surface area (Å²) in [5.74, 6) is 15.7. The van der Waals surface area contributed by atoms with Crippen molar-refractivity contribution >= 4 is 10.8 Å². The summed E-state index contributed by atoms with van der Waals surface area (Å²) >= 11 is 0. The molecule has 5 nitrogen and oxygen atoms in total. The molecule has 0 aliphatic carbocycles. The predicted molar refractivity (Wildman–Crippen MR) is 142 cm³/mol. The van der Waals surface area contributed by atoms with Crippen LogP contribution in [0.1, 0.15) is 22.3 Å². The molecule has 0 saturated carbocycles. The van der Waals surface area contributed by atoms with Gasteiger partial charge >= 0.3 is 0 Å². The van der Waals surface area contributed by atoms with Gasteiger partial charge in [0.05, 0.1) is 35.5 Å². The van der Waals surface area contributed by atoms with Crippen LogP contribution in [-0.2, 0) is 0 Å². The van der Waals surface area contributed by atoms with Crippen LogP contribution in [0.3, 0.4) is 0 Å². The number of hydrogen-bond donors (Lipinski definition) is 0. The van der Waals surface area contributed by atoms with Crippen molar-refractivity contribution in [3.8, 4) is 52.4 Å². The Labute approximate surface area is 211 Å². The minimum absolute atomic E-state index is 0.513. The second-order valence-corrected chi connectivity index (χ2v) is 7.73. The van der Waals surface area contributed by atoms with Gasteiger partial charge in [0.25, 0.3) is 0 Å². The van der Waals surface area contributed by atoms with Crippen LogP contribution < -0.4 is 23.7 Å².